The van der Waals surface area contributed by atoms with Crippen LogP contribution < -0.4 is 5.32 Å². The van der Waals surface area contributed by atoms with E-state index in [1.165, 1.54) is 54.5 Å². The predicted octanol–water partition coefficient (Wildman–Crippen LogP) is 1.15. The van der Waals surface area contributed by atoms with Crippen molar-refractivity contribution < 1.29 is 27.2 Å². The quantitative estimate of drug-likeness (QED) is 0.725. The van der Waals surface area contributed by atoms with Gasteiger partial charge in [0.2, 0.25) is 21.1 Å². The first kappa shape index (κ1) is 21.8. The molecule has 1 saturated heterocycles. The first-order valence-corrected chi connectivity index (χ1v) is 11.0. The van der Waals surface area contributed by atoms with E-state index in [9.17, 15) is 22.8 Å². The van der Waals surface area contributed by atoms with Gasteiger partial charge in [0.05, 0.1) is 11.2 Å². The number of halogens is 1. The maximum absolute atomic E-state index is 13.2. The molecule has 0 saturated carbocycles. The van der Waals surface area contributed by atoms with Gasteiger partial charge in [0.25, 0.3) is 11.8 Å². The van der Waals surface area contributed by atoms with Gasteiger partial charge in [-0.3, -0.25) is 14.4 Å². The van der Waals surface area contributed by atoms with Crippen LogP contribution in [0.25, 0.3) is 0 Å². The molecule has 11 heteroatoms. The van der Waals surface area contributed by atoms with E-state index in [2.05, 4.69) is 5.32 Å². The van der Waals surface area contributed by atoms with Crippen LogP contribution in [0.5, 0.6) is 0 Å². The number of hydrogen-bond acceptors (Lipinski definition) is 6. The molecule has 1 aromatic heterocycles. The fourth-order valence-electron chi connectivity index (χ4n) is 3.04. The maximum atomic E-state index is 13.2. The van der Waals surface area contributed by atoms with E-state index in [0.717, 1.165) is 0 Å². The van der Waals surface area contributed by atoms with Crippen LogP contribution in [0.15, 0.2) is 52.0 Å². The molecule has 1 aliphatic heterocycles. The fourth-order valence-corrected chi connectivity index (χ4v) is 4.63. The number of carbonyl (C=O) groups is 3. The Morgan fingerprint density at radius 2 is 1.63 bits per heavy atom. The zero-order valence-electron chi connectivity index (χ0n) is 16.1. The lowest BCUT2D eigenvalue weighted by molar-refractivity contribution is -0.138. The van der Waals surface area contributed by atoms with Crippen molar-refractivity contribution in [1.29, 1.82) is 0 Å². The van der Waals surface area contributed by atoms with Gasteiger partial charge in [0.1, 0.15) is 0 Å². The monoisotopic (exact) mass is 453 g/mol. The van der Waals surface area contributed by atoms with Crippen LogP contribution in [0.4, 0.5) is 0 Å². The lowest BCUT2D eigenvalue weighted by atomic mass is 10.3. The summed E-state index contributed by atoms with van der Waals surface area (Å²) in [5.41, 5.74) is 0. The van der Waals surface area contributed by atoms with Crippen LogP contribution in [0, 0.1) is 0 Å². The topological polar surface area (TPSA) is 117 Å². The van der Waals surface area contributed by atoms with E-state index in [4.69, 9.17) is 16.0 Å². The van der Waals surface area contributed by atoms with Crippen molar-refractivity contribution in [3.8, 4) is 0 Å². The second-order valence-corrected chi connectivity index (χ2v) is 9.13. The molecule has 1 atom stereocenters. The third-order valence-electron chi connectivity index (χ3n) is 4.72. The number of hydrogen-bond donors (Lipinski definition) is 1. The number of sulfone groups is 1. The molecule has 1 fully saturated rings. The van der Waals surface area contributed by atoms with Crippen LogP contribution in [0.2, 0.25) is 5.02 Å². The van der Waals surface area contributed by atoms with Gasteiger partial charge in [-0.1, -0.05) is 11.6 Å². The zero-order chi connectivity index (χ0) is 21.9. The Morgan fingerprint density at radius 3 is 2.17 bits per heavy atom. The smallest absolute Gasteiger partial charge is 0.288 e. The summed E-state index contributed by atoms with van der Waals surface area (Å²) >= 11 is 5.83. The molecule has 0 unspecified atom stereocenters. The van der Waals surface area contributed by atoms with Gasteiger partial charge in [0, 0.05) is 38.1 Å². The lowest BCUT2D eigenvalue weighted by Gasteiger charge is -2.35. The number of nitrogens with one attached hydrogen (secondary N) is 1. The molecule has 30 heavy (non-hydrogen) atoms. The summed E-state index contributed by atoms with van der Waals surface area (Å²) in [6.45, 7) is 2.29. The highest BCUT2D eigenvalue weighted by Crippen LogP contribution is 2.20. The largest absolute Gasteiger partial charge is 0.459 e. The Labute approximate surface area is 178 Å². The molecule has 1 aliphatic rings. The number of benzene rings is 1. The summed E-state index contributed by atoms with van der Waals surface area (Å²) in [4.78, 5) is 39.8. The first-order valence-electron chi connectivity index (χ1n) is 9.08. The summed E-state index contributed by atoms with van der Waals surface area (Å²) in [6.07, 6.45) is 1.26. The maximum Gasteiger partial charge on any atom is 0.288 e. The number of furan rings is 1. The Bertz CT molecular complexity index is 1030. The van der Waals surface area contributed by atoms with Gasteiger partial charge in [-0.25, -0.2) is 8.42 Å². The number of rotatable bonds is 5. The van der Waals surface area contributed by atoms with Crippen LogP contribution in [0.3, 0.4) is 0 Å². The van der Waals surface area contributed by atoms with E-state index in [-0.39, 0.29) is 42.7 Å². The van der Waals surface area contributed by atoms with E-state index in [0.29, 0.717) is 5.02 Å². The highest BCUT2D eigenvalue weighted by molar-refractivity contribution is 7.92. The second-order valence-electron chi connectivity index (χ2n) is 6.66. The van der Waals surface area contributed by atoms with Gasteiger partial charge in [-0.15, -0.1) is 0 Å². The summed E-state index contributed by atoms with van der Waals surface area (Å²) in [5, 5.41) is 0.748. The summed E-state index contributed by atoms with van der Waals surface area (Å²) in [7, 11) is -4.29. The molecular weight excluding hydrogens is 434 g/mol. The van der Waals surface area contributed by atoms with Crippen molar-refractivity contribution in [2.75, 3.05) is 26.2 Å². The highest BCUT2D eigenvalue weighted by atomic mass is 35.5. The fraction of sp³-hybridized carbons (Fsp3) is 0.316. The van der Waals surface area contributed by atoms with Crippen molar-refractivity contribution in [2.24, 2.45) is 0 Å². The summed E-state index contributed by atoms with van der Waals surface area (Å²) in [5.74, 6) is -1.87. The van der Waals surface area contributed by atoms with Crippen LogP contribution in [-0.4, -0.2) is 67.5 Å². The predicted molar refractivity (Wildman–Crippen MR) is 107 cm³/mol. The molecule has 1 N–H and O–H groups in total. The highest BCUT2D eigenvalue weighted by Gasteiger charge is 2.39. The Hall–Kier alpha value is -2.85. The molecule has 3 amide bonds. The number of nitrogens with zero attached hydrogens (tertiary/aromatic N) is 2. The third kappa shape index (κ3) is 4.65. The van der Waals surface area contributed by atoms with Gasteiger partial charge >= 0.3 is 0 Å². The normalized spacial score (nSPS) is 15.5. The molecule has 1 aromatic carbocycles. The van der Waals surface area contributed by atoms with Crippen molar-refractivity contribution in [1.82, 2.24) is 15.1 Å². The van der Waals surface area contributed by atoms with Gasteiger partial charge in [0.15, 0.2) is 5.76 Å². The van der Waals surface area contributed by atoms with Crippen molar-refractivity contribution in [3.05, 3.63) is 53.4 Å². The van der Waals surface area contributed by atoms with Crippen LogP contribution in [-0.2, 0) is 19.4 Å². The molecule has 0 spiro atoms. The SMILES string of the molecule is CC(=O)N1CCN(C(=O)[C@@H](NC(=O)c2ccco2)S(=O)(=O)c2ccc(Cl)cc2)CC1. The minimum absolute atomic E-state index is 0.125. The van der Waals surface area contributed by atoms with Gasteiger partial charge < -0.3 is 19.5 Å². The molecule has 0 aliphatic carbocycles. The third-order valence-corrected chi connectivity index (χ3v) is 6.84. The summed E-state index contributed by atoms with van der Waals surface area (Å²) in [6, 6.07) is 8.14. The molecule has 2 heterocycles. The standard InChI is InChI=1S/C19H20ClN3O6S/c1-13(24)22-8-10-23(11-9-22)19(26)18(21-17(25)16-3-2-12-29-16)30(27,28)15-6-4-14(20)5-7-15/h2-7,12,18H,8-11H2,1H3,(H,21,25)/t18-/m0/s1. The van der Waals surface area contributed by atoms with Crippen LogP contribution in [0.1, 0.15) is 17.5 Å². The van der Waals surface area contributed by atoms with Gasteiger partial charge in [-0.05, 0) is 36.4 Å². The molecule has 0 radical (unpaired) electrons. The zero-order valence-corrected chi connectivity index (χ0v) is 17.6. The molecule has 0 bridgehead atoms. The first-order chi connectivity index (χ1) is 14.2. The van der Waals surface area contributed by atoms with E-state index in [1.807, 2.05) is 0 Å². The average molecular weight is 454 g/mol. The Morgan fingerprint density at radius 1 is 1.03 bits per heavy atom. The Kier molecular flexibility index (Phi) is 6.47. The number of piperazine rings is 1. The molecule has 9 nitrogen and oxygen atoms in total. The average Bonchev–Trinajstić information content (AvgIpc) is 3.26. The molecule has 2 aromatic rings. The lowest BCUT2D eigenvalue weighted by Crippen LogP contribution is -2.57. The Balaban J connectivity index is 1.89. The summed E-state index contributed by atoms with van der Waals surface area (Å²) < 4.78 is 31.4. The van der Waals surface area contributed by atoms with E-state index in [1.54, 1.807) is 4.90 Å². The minimum atomic E-state index is -4.29. The number of carbonyl (C=O) groups excluding carboxylic acids is 3. The second kappa shape index (κ2) is 8.88. The van der Waals surface area contributed by atoms with Crippen molar-refractivity contribution >= 4 is 39.2 Å². The van der Waals surface area contributed by atoms with Crippen molar-refractivity contribution in [3.63, 3.8) is 0 Å². The minimum Gasteiger partial charge on any atom is -0.459 e. The van der Waals surface area contributed by atoms with Crippen molar-refractivity contribution in [2.45, 2.75) is 17.2 Å². The number of amides is 3. The molecule has 3 rings (SSSR count). The van der Waals surface area contributed by atoms with E-state index < -0.39 is 27.0 Å². The van der Waals surface area contributed by atoms with Gasteiger partial charge in [-0.2, -0.15) is 0 Å². The molecule has 160 valence electrons. The molecular formula is C19H20ClN3O6S. The van der Waals surface area contributed by atoms with Crippen LogP contribution >= 0.6 is 11.6 Å². The van der Waals surface area contributed by atoms with E-state index >= 15 is 0 Å².